The van der Waals surface area contributed by atoms with Gasteiger partial charge in [-0.05, 0) is 13.3 Å². The molecule has 1 aromatic heterocycles. The van der Waals surface area contributed by atoms with E-state index in [1.165, 1.54) is 10.8 Å². The molecule has 80 valence electrons. The highest BCUT2D eigenvalue weighted by Crippen LogP contribution is 1.93. The predicted molar refractivity (Wildman–Crippen MR) is 52.3 cm³/mol. The van der Waals surface area contributed by atoms with Gasteiger partial charge in [-0.15, -0.1) is 0 Å². The molecule has 1 heterocycles. The summed E-state index contributed by atoms with van der Waals surface area (Å²) in [5.41, 5.74) is -1.37. The van der Waals surface area contributed by atoms with E-state index in [1.54, 1.807) is 13.0 Å². The third kappa shape index (κ3) is 2.79. The summed E-state index contributed by atoms with van der Waals surface area (Å²) in [6, 6.07) is 1.68. The van der Waals surface area contributed by atoms with E-state index in [1.807, 2.05) is 4.98 Å². The molecular weight excluding hydrogens is 198 g/mol. The van der Waals surface area contributed by atoms with Crippen LogP contribution in [0.2, 0.25) is 0 Å². The fourth-order valence-electron chi connectivity index (χ4n) is 1.08. The van der Waals surface area contributed by atoms with Crippen molar-refractivity contribution in [2.45, 2.75) is 26.0 Å². The summed E-state index contributed by atoms with van der Waals surface area (Å²) in [5, 5.41) is 17.6. The van der Waals surface area contributed by atoms with Crippen LogP contribution in [0.1, 0.15) is 18.9 Å². The average molecular weight is 209 g/mol. The molecule has 6 nitrogen and oxygen atoms in total. The number of hydrogen-bond acceptors (Lipinski definition) is 4. The number of aryl methyl sites for hydroxylation is 1. The number of aliphatic hydroxyl groups excluding tert-OH is 1. The summed E-state index contributed by atoms with van der Waals surface area (Å²) in [5.74, 6) is 0. The van der Waals surface area contributed by atoms with Gasteiger partial charge in [0.15, 0.2) is 0 Å². The Morgan fingerprint density at radius 2 is 2.33 bits per heavy atom. The van der Waals surface area contributed by atoms with Crippen LogP contribution in [-0.4, -0.2) is 20.8 Å². The van der Waals surface area contributed by atoms with Crippen LogP contribution in [-0.2, 0) is 6.54 Å². The normalized spacial score (nSPS) is 12.1. The molecule has 0 aliphatic heterocycles. The number of nitrogens with zero attached hydrogens (tertiary/aromatic N) is 2. The summed E-state index contributed by atoms with van der Waals surface area (Å²) in [7, 11) is 0. The Hall–Kier alpha value is -1.87. The van der Waals surface area contributed by atoms with Gasteiger partial charge < -0.3 is 5.11 Å². The molecule has 1 rings (SSSR count). The standard InChI is InChI=1S/C9H11N3O3/c1-6(13)2-3-12-5-7(4-10)8(14)11-9(12)15/h5-6,13H,2-3H2,1H3,(H,11,14,15). The molecular formula is C9H11N3O3. The monoisotopic (exact) mass is 209 g/mol. The lowest BCUT2D eigenvalue weighted by molar-refractivity contribution is 0.177. The third-order valence-corrected chi connectivity index (χ3v) is 1.92. The van der Waals surface area contributed by atoms with Gasteiger partial charge >= 0.3 is 5.69 Å². The molecule has 0 amide bonds. The zero-order valence-electron chi connectivity index (χ0n) is 8.23. The van der Waals surface area contributed by atoms with Gasteiger partial charge in [0.25, 0.3) is 5.56 Å². The lowest BCUT2D eigenvalue weighted by atomic mass is 10.3. The molecule has 0 radical (unpaired) electrons. The first-order valence-corrected chi connectivity index (χ1v) is 4.46. The van der Waals surface area contributed by atoms with E-state index in [2.05, 4.69) is 0 Å². The molecule has 0 aromatic carbocycles. The van der Waals surface area contributed by atoms with Gasteiger partial charge in [-0.1, -0.05) is 0 Å². The van der Waals surface area contributed by atoms with Crippen LogP contribution in [0.15, 0.2) is 15.8 Å². The van der Waals surface area contributed by atoms with Crippen LogP contribution in [0.4, 0.5) is 0 Å². The summed E-state index contributed by atoms with van der Waals surface area (Å²) in [6.07, 6.45) is 1.05. The smallest absolute Gasteiger partial charge is 0.328 e. The Morgan fingerprint density at radius 3 is 2.87 bits per heavy atom. The van der Waals surface area contributed by atoms with Crippen molar-refractivity contribution in [1.29, 1.82) is 5.26 Å². The number of nitriles is 1. The van der Waals surface area contributed by atoms with E-state index in [0.29, 0.717) is 6.42 Å². The molecule has 0 aliphatic carbocycles. The molecule has 0 saturated carbocycles. The Labute approximate surface area is 85.4 Å². The van der Waals surface area contributed by atoms with Crippen molar-refractivity contribution >= 4 is 0 Å². The molecule has 0 spiro atoms. The Balaban J connectivity index is 3.05. The number of hydrogen-bond donors (Lipinski definition) is 2. The lowest BCUT2D eigenvalue weighted by Gasteiger charge is -2.06. The van der Waals surface area contributed by atoms with Gasteiger partial charge in [0.1, 0.15) is 11.6 Å². The minimum atomic E-state index is -0.684. The lowest BCUT2D eigenvalue weighted by Crippen LogP contribution is -2.31. The first-order chi connectivity index (χ1) is 7.04. The summed E-state index contributed by atoms with van der Waals surface area (Å²) >= 11 is 0. The van der Waals surface area contributed by atoms with E-state index in [-0.39, 0.29) is 12.1 Å². The Morgan fingerprint density at radius 1 is 1.67 bits per heavy atom. The van der Waals surface area contributed by atoms with Crippen LogP contribution in [0.5, 0.6) is 0 Å². The van der Waals surface area contributed by atoms with Crippen molar-refractivity contribution in [2.24, 2.45) is 0 Å². The van der Waals surface area contributed by atoms with Gasteiger partial charge in [-0.3, -0.25) is 14.3 Å². The molecule has 0 aliphatic rings. The van der Waals surface area contributed by atoms with Gasteiger partial charge in [0.05, 0.1) is 6.10 Å². The summed E-state index contributed by atoms with van der Waals surface area (Å²) in [4.78, 5) is 24.3. The molecule has 2 N–H and O–H groups in total. The molecule has 0 saturated heterocycles. The van der Waals surface area contributed by atoms with Crippen LogP contribution < -0.4 is 11.2 Å². The maximum atomic E-state index is 11.2. The largest absolute Gasteiger partial charge is 0.393 e. The second kappa shape index (κ2) is 4.57. The maximum Gasteiger partial charge on any atom is 0.328 e. The van der Waals surface area contributed by atoms with Crippen molar-refractivity contribution in [2.75, 3.05) is 0 Å². The number of H-pyrrole nitrogens is 1. The second-order valence-electron chi connectivity index (χ2n) is 3.24. The predicted octanol–water partition coefficient (Wildman–Crippen LogP) is -0.821. The number of aliphatic hydroxyl groups is 1. The molecule has 0 bridgehead atoms. The Kier molecular flexibility index (Phi) is 3.42. The highest BCUT2D eigenvalue weighted by atomic mass is 16.3. The Bertz CT molecular complexity index is 493. The molecule has 6 heteroatoms. The zero-order valence-corrected chi connectivity index (χ0v) is 8.23. The number of aromatic nitrogens is 2. The number of rotatable bonds is 3. The first-order valence-electron chi connectivity index (χ1n) is 4.46. The number of nitrogens with one attached hydrogen (secondary N) is 1. The number of aromatic amines is 1. The third-order valence-electron chi connectivity index (χ3n) is 1.92. The van der Waals surface area contributed by atoms with Crippen LogP contribution in [0, 0.1) is 11.3 Å². The van der Waals surface area contributed by atoms with Crippen LogP contribution >= 0.6 is 0 Å². The molecule has 1 unspecified atom stereocenters. The van der Waals surface area contributed by atoms with Crippen LogP contribution in [0.3, 0.4) is 0 Å². The van der Waals surface area contributed by atoms with Gasteiger partial charge in [-0.25, -0.2) is 4.79 Å². The quantitative estimate of drug-likeness (QED) is 0.679. The average Bonchev–Trinajstić information content (AvgIpc) is 2.16. The molecule has 1 atom stereocenters. The topological polar surface area (TPSA) is 98.9 Å². The SMILES string of the molecule is CC(O)CCn1cc(C#N)c(=O)[nH]c1=O. The molecule has 1 aromatic rings. The fourth-order valence-corrected chi connectivity index (χ4v) is 1.08. The minimum Gasteiger partial charge on any atom is -0.393 e. The van der Waals surface area contributed by atoms with Crippen molar-refractivity contribution < 1.29 is 5.11 Å². The van der Waals surface area contributed by atoms with E-state index < -0.39 is 17.4 Å². The molecule has 15 heavy (non-hydrogen) atoms. The van der Waals surface area contributed by atoms with Crippen LogP contribution in [0.25, 0.3) is 0 Å². The van der Waals surface area contributed by atoms with Crippen molar-refractivity contribution in [3.8, 4) is 6.07 Å². The van der Waals surface area contributed by atoms with E-state index in [9.17, 15) is 9.59 Å². The second-order valence-corrected chi connectivity index (χ2v) is 3.24. The highest BCUT2D eigenvalue weighted by molar-refractivity contribution is 5.21. The van der Waals surface area contributed by atoms with Gasteiger partial charge in [0, 0.05) is 12.7 Å². The van der Waals surface area contributed by atoms with Gasteiger partial charge in [0.2, 0.25) is 0 Å². The highest BCUT2D eigenvalue weighted by Gasteiger charge is 2.04. The van der Waals surface area contributed by atoms with E-state index in [4.69, 9.17) is 10.4 Å². The van der Waals surface area contributed by atoms with E-state index in [0.717, 1.165) is 0 Å². The molecule has 0 fully saturated rings. The van der Waals surface area contributed by atoms with Crippen molar-refractivity contribution in [3.63, 3.8) is 0 Å². The van der Waals surface area contributed by atoms with Gasteiger partial charge in [-0.2, -0.15) is 5.26 Å². The summed E-state index contributed by atoms with van der Waals surface area (Å²) in [6.45, 7) is 1.86. The van der Waals surface area contributed by atoms with Crippen molar-refractivity contribution in [1.82, 2.24) is 9.55 Å². The fraction of sp³-hybridized carbons (Fsp3) is 0.444. The van der Waals surface area contributed by atoms with Crippen molar-refractivity contribution in [3.05, 3.63) is 32.6 Å². The minimum absolute atomic E-state index is 0.111. The zero-order chi connectivity index (χ0) is 11.4. The maximum absolute atomic E-state index is 11.2. The van der Waals surface area contributed by atoms with E-state index >= 15 is 0 Å². The first kappa shape index (κ1) is 11.2. The summed E-state index contributed by atoms with van der Waals surface area (Å²) < 4.78 is 1.20.